The van der Waals surface area contributed by atoms with Gasteiger partial charge in [-0.25, -0.2) is 10.8 Å². The molecule has 5 N–H and O–H groups in total. The summed E-state index contributed by atoms with van der Waals surface area (Å²) in [4.78, 5) is 14.3. The Balaban J connectivity index is 2.09. The normalized spacial score (nSPS) is 16.1. The van der Waals surface area contributed by atoms with Crippen molar-refractivity contribution in [2.24, 2.45) is 11.8 Å². The number of pyridine rings is 1. The highest BCUT2D eigenvalue weighted by atomic mass is 16.6. The second-order valence-corrected chi connectivity index (χ2v) is 4.25. The van der Waals surface area contributed by atoms with E-state index in [0.717, 1.165) is 12.8 Å². The van der Waals surface area contributed by atoms with Crippen LogP contribution in [0.1, 0.15) is 12.8 Å². The van der Waals surface area contributed by atoms with Gasteiger partial charge in [-0.3, -0.25) is 10.1 Å². The summed E-state index contributed by atoms with van der Waals surface area (Å²) in [5.41, 5.74) is 2.18. The van der Waals surface area contributed by atoms with E-state index in [4.69, 9.17) is 5.84 Å². The van der Waals surface area contributed by atoms with Gasteiger partial charge in [0.05, 0.1) is 11.0 Å². The van der Waals surface area contributed by atoms with Gasteiger partial charge in [-0.2, -0.15) is 0 Å². The largest absolute Gasteiger partial charge is 0.391 e. The molecule has 0 saturated heterocycles. The highest BCUT2D eigenvalue weighted by Crippen LogP contribution is 2.33. The first-order valence-corrected chi connectivity index (χ1v) is 5.66. The van der Waals surface area contributed by atoms with Gasteiger partial charge in [0, 0.05) is 12.6 Å². The fourth-order valence-electron chi connectivity index (χ4n) is 1.66. The molecular formula is C10H15N5O3. The van der Waals surface area contributed by atoms with Crippen molar-refractivity contribution in [3.8, 4) is 0 Å². The van der Waals surface area contributed by atoms with Gasteiger partial charge in [0.1, 0.15) is 5.82 Å². The van der Waals surface area contributed by atoms with Crippen LogP contribution in [-0.4, -0.2) is 27.7 Å². The molecule has 0 bridgehead atoms. The first-order chi connectivity index (χ1) is 8.61. The van der Waals surface area contributed by atoms with E-state index < -0.39 is 11.0 Å². The van der Waals surface area contributed by atoms with Gasteiger partial charge in [0.15, 0.2) is 0 Å². The zero-order valence-electron chi connectivity index (χ0n) is 9.67. The molecule has 0 spiro atoms. The Labute approximate surface area is 103 Å². The molecule has 0 aromatic carbocycles. The average molecular weight is 253 g/mol. The van der Waals surface area contributed by atoms with Crippen molar-refractivity contribution in [3.05, 3.63) is 22.2 Å². The van der Waals surface area contributed by atoms with Gasteiger partial charge in [0.2, 0.25) is 5.82 Å². The van der Waals surface area contributed by atoms with E-state index in [1.54, 1.807) is 0 Å². The number of rotatable bonds is 6. The molecule has 1 aromatic heterocycles. The summed E-state index contributed by atoms with van der Waals surface area (Å²) in [6, 6.07) is 2.73. The van der Waals surface area contributed by atoms with E-state index >= 15 is 0 Å². The SMILES string of the molecule is NNc1ccc([N+](=O)[O-])c(NCC(O)C2CC2)n1. The van der Waals surface area contributed by atoms with Crippen LogP contribution in [0.5, 0.6) is 0 Å². The van der Waals surface area contributed by atoms with E-state index in [1.807, 2.05) is 0 Å². The minimum Gasteiger partial charge on any atom is -0.391 e. The van der Waals surface area contributed by atoms with Crippen molar-refractivity contribution >= 4 is 17.3 Å². The lowest BCUT2D eigenvalue weighted by atomic mass is 10.2. The maximum absolute atomic E-state index is 10.8. The predicted octanol–water partition coefficient (Wildman–Crippen LogP) is 0.458. The standard InChI is InChI=1S/C10H15N5O3/c11-14-9-4-3-7(15(17)18)10(13-9)12-5-8(16)6-1-2-6/h3-4,6,8,16H,1-2,5,11H2,(H2,12,13,14). The third-order valence-corrected chi connectivity index (χ3v) is 2.86. The van der Waals surface area contributed by atoms with Gasteiger partial charge in [0.25, 0.3) is 0 Å². The summed E-state index contributed by atoms with van der Waals surface area (Å²) in [7, 11) is 0. The second kappa shape index (κ2) is 5.15. The number of hydrogen-bond acceptors (Lipinski definition) is 7. The summed E-state index contributed by atoms with van der Waals surface area (Å²) in [5.74, 6) is 5.93. The molecule has 0 radical (unpaired) electrons. The Morgan fingerprint density at radius 3 is 2.89 bits per heavy atom. The second-order valence-electron chi connectivity index (χ2n) is 4.25. The molecule has 98 valence electrons. The van der Waals surface area contributed by atoms with Crippen LogP contribution in [-0.2, 0) is 0 Å². The van der Waals surface area contributed by atoms with E-state index in [1.165, 1.54) is 12.1 Å². The number of nitrogen functional groups attached to an aromatic ring is 1. The van der Waals surface area contributed by atoms with E-state index in [-0.39, 0.29) is 18.1 Å². The molecule has 0 aliphatic heterocycles. The molecule has 1 aliphatic rings. The molecule has 1 saturated carbocycles. The number of anilines is 2. The minimum absolute atomic E-state index is 0.107. The fourth-order valence-corrected chi connectivity index (χ4v) is 1.66. The molecule has 0 amide bonds. The molecule has 8 nitrogen and oxygen atoms in total. The van der Waals surface area contributed by atoms with Gasteiger partial charge in [-0.15, -0.1) is 0 Å². The van der Waals surface area contributed by atoms with Crippen molar-refractivity contribution in [3.63, 3.8) is 0 Å². The highest BCUT2D eigenvalue weighted by molar-refractivity contribution is 5.60. The fraction of sp³-hybridized carbons (Fsp3) is 0.500. The first kappa shape index (κ1) is 12.5. The number of aromatic nitrogens is 1. The van der Waals surface area contributed by atoms with Crippen LogP contribution >= 0.6 is 0 Å². The van der Waals surface area contributed by atoms with Crippen LogP contribution < -0.4 is 16.6 Å². The molecule has 1 heterocycles. The minimum atomic E-state index is -0.529. The topological polar surface area (TPSA) is 126 Å². The number of nitrogens with one attached hydrogen (secondary N) is 2. The molecule has 1 unspecified atom stereocenters. The van der Waals surface area contributed by atoms with E-state index in [0.29, 0.717) is 11.7 Å². The maximum atomic E-state index is 10.8. The Kier molecular flexibility index (Phi) is 3.58. The number of aliphatic hydroxyl groups excluding tert-OH is 1. The van der Waals surface area contributed by atoms with E-state index in [9.17, 15) is 15.2 Å². The first-order valence-electron chi connectivity index (χ1n) is 5.66. The Bertz CT molecular complexity index is 449. The molecule has 2 rings (SSSR count). The van der Waals surface area contributed by atoms with Crippen LogP contribution in [0.25, 0.3) is 0 Å². The number of hydrazine groups is 1. The Morgan fingerprint density at radius 2 is 2.33 bits per heavy atom. The lowest BCUT2D eigenvalue weighted by Gasteiger charge is -2.11. The third kappa shape index (κ3) is 2.84. The van der Waals surface area contributed by atoms with Crippen molar-refractivity contribution < 1.29 is 10.0 Å². The van der Waals surface area contributed by atoms with E-state index in [2.05, 4.69) is 15.7 Å². The number of nitrogens with two attached hydrogens (primary N) is 1. The van der Waals surface area contributed by atoms with Crippen LogP contribution in [0.15, 0.2) is 12.1 Å². The molecular weight excluding hydrogens is 238 g/mol. The number of aliphatic hydroxyl groups is 1. The quantitative estimate of drug-likeness (QED) is 0.329. The number of hydrogen-bond donors (Lipinski definition) is 4. The monoisotopic (exact) mass is 253 g/mol. The highest BCUT2D eigenvalue weighted by Gasteiger charge is 2.30. The van der Waals surface area contributed by atoms with Crippen molar-refractivity contribution in [2.75, 3.05) is 17.3 Å². The lowest BCUT2D eigenvalue weighted by molar-refractivity contribution is -0.384. The van der Waals surface area contributed by atoms with Gasteiger partial charge < -0.3 is 15.8 Å². The average Bonchev–Trinajstić information content (AvgIpc) is 3.19. The Hall–Kier alpha value is -1.93. The summed E-state index contributed by atoms with van der Waals surface area (Å²) >= 11 is 0. The summed E-state index contributed by atoms with van der Waals surface area (Å²) in [5, 5.41) is 23.3. The third-order valence-electron chi connectivity index (χ3n) is 2.86. The van der Waals surface area contributed by atoms with Gasteiger partial charge in [-0.1, -0.05) is 0 Å². The lowest BCUT2D eigenvalue weighted by Crippen LogP contribution is -2.22. The van der Waals surface area contributed by atoms with Crippen LogP contribution in [0.4, 0.5) is 17.3 Å². The van der Waals surface area contributed by atoms with Gasteiger partial charge in [-0.05, 0) is 24.8 Å². The maximum Gasteiger partial charge on any atom is 0.311 e. The van der Waals surface area contributed by atoms with Gasteiger partial charge >= 0.3 is 5.69 Å². The molecule has 1 aromatic rings. The van der Waals surface area contributed by atoms with Crippen molar-refractivity contribution in [1.82, 2.24) is 4.98 Å². The zero-order valence-corrected chi connectivity index (χ0v) is 9.67. The van der Waals surface area contributed by atoms with Crippen LogP contribution in [0.3, 0.4) is 0 Å². The van der Waals surface area contributed by atoms with Crippen molar-refractivity contribution in [2.45, 2.75) is 18.9 Å². The van der Waals surface area contributed by atoms with Crippen molar-refractivity contribution in [1.29, 1.82) is 0 Å². The summed E-state index contributed by atoms with van der Waals surface area (Å²) in [6.07, 6.45) is 1.51. The van der Waals surface area contributed by atoms with Crippen LogP contribution in [0, 0.1) is 16.0 Å². The molecule has 1 atom stereocenters. The molecule has 8 heteroatoms. The number of nitrogens with zero attached hydrogens (tertiary/aromatic N) is 2. The Morgan fingerprint density at radius 1 is 1.61 bits per heavy atom. The zero-order chi connectivity index (χ0) is 13.1. The molecule has 18 heavy (non-hydrogen) atoms. The van der Waals surface area contributed by atoms with Crippen LogP contribution in [0.2, 0.25) is 0 Å². The molecule has 1 aliphatic carbocycles. The summed E-state index contributed by atoms with van der Waals surface area (Å²) < 4.78 is 0. The molecule has 1 fully saturated rings. The number of nitro groups is 1. The smallest absolute Gasteiger partial charge is 0.311 e. The predicted molar refractivity (Wildman–Crippen MR) is 65.9 cm³/mol. The summed E-state index contributed by atoms with van der Waals surface area (Å²) in [6.45, 7) is 0.243.